The normalized spacial score (nSPS) is 13.6. The summed E-state index contributed by atoms with van der Waals surface area (Å²) >= 11 is 0. The Morgan fingerprint density at radius 2 is 0.695 bits per heavy atom. The van der Waals surface area contributed by atoms with E-state index in [2.05, 4.69) is 55.6 Å². The maximum atomic E-state index is 12.5. The molecule has 348 valence electrons. The van der Waals surface area contributed by atoms with Crippen LogP contribution in [0.2, 0.25) is 0 Å². The van der Waals surface area contributed by atoms with Crippen molar-refractivity contribution in [3.8, 4) is 0 Å². The Morgan fingerprint density at radius 1 is 0.407 bits per heavy atom. The summed E-state index contributed by atoms with van der Waals surface area (Å²) < 4.78 is 0. The number of carbonyl (C=O) groups excluding carboxylic acids is 1. The van der Waals surface area contributed by atoms with Crippen molar-refractivity contribution in [3.63, 3.8) is 0 Å². The van der Waals surface area contributed by atoms with Crippen LogP contribution in [-0.4, -0.2) is 46.1 Å². The van der Waals surface area contributed by atoms with Crippen molar-refractivity contribution in [1.82, 2.24) is 5.32 Å². The fourth-order valence-electron chi connectivity index (χ4n) is 8.12. The summed E-state index contributed by atoms with van der Waals surface area (Å²) in [4.78, 5) is 12.5. The maximum absolute atomic E-state index is 12.5. The monoisotopic (exact) mass is 830 g/mol. The first-order chi connectivity index (χ1) is 29.1. The van der Waals surface area contributed by atoms with Crippen LogP contribution in [0.15, 0.2) is 36.5 Å². The molecule has 59 heavy (non-hydrogen) atoms. The van der Waals surface area contributed by atoms with Gasteiger partial charge in [-0.25, -0.2) is 0 Å². The van der Waals surface area contributed by atoms with Gasteiger partial charge in [0, 0.05) is 6.42 Å². The maximum Gasteiger partial charge on any atom is 0.220 e. The zero-order valence-electron chi connectivity index (χ0n) is 39.6. The van der Waals surface area contributed by atoms with Gasteiger partial charge >= 0.3 is 0 Å². The van der Waals surface area contributed by atoms with Crippen LogP contribution in [0.3, 0.4) is 0 Å². The summed E-state index contributed by atoms with van der Waals surface area (Å²) in [5, 5.41) is 33.7. The van der Waals surface area contributed by atoms with E-state index >= 15 is 0 Å². The first-order valence-electron chi connectivity index (χ1n) is 26.3. The van der Waals surface area contributed by atoms with Crippen LogP contribution in [0, 0.1) is 0 Å². The van der Waals surface area contributed by atoms with Crippen LogP contribution in [0.1, 0.15) is 277 Å². The van der Waals surface area contributed by atoms with Crippen LogP contribution in [0.5, 0.6) is 0 Å². The predicted octanol–water partition coefficient (Wildman–Crippen LogP) is 15.9. The number of unbranched alkanes of at least 4 members (excludes halogenated alkanes) is 34. The summed E-state index contributed by atoms with van der Waals surface area (Å²) in [7, 11) is 0. The van der Waals surface area contributed by atoms with E-state index < -0.39 is 18.2 Å². The molecule has 0 heterocycles. The van der Waals surface area contributed by atoms with E-state index in [1.165, 1.54) is 205 Å². The smallest absolute Gasteiger partial charge is 0.220 e. The highest BCUT2D eigenvalue weighted by molar-refractivity contribution is 5.76. The van der Waals surface area contributed by atoms with Crippen LogP contribution < -0.4 is 5.32 Å². The number of aliphatic hydroxyl groups excluding tert-OH is 3. The number of amides is 1. The SMILES string of the molecule is CCCCCCCCCCCCCC/C=C\CCCCCCCCCCC(=O)NC(CO)C(O)C(O)CCC/C=C/CC/C=C/CCCCCCCCCCCCCC. The van der Waals surface area contributed by atoms with E-state index in [0.29, 0.717) is 12.8 Å². The molecule has 0 fully saturated rings. The molecule has 0 aliphatic rings. The van der Waals surface area contributed by atoms with Crippen molar-refractivity contribution in [2.24, 2.45) is 0 Å². The van der Waals surface area contributed by atoms with E-state index in [0.717, 1.165) is 44.9 Å². The van der Waals surface area contributed by atoms with E-state index in [1.54, 1.807) is 0 Å². The molecule has 0 aliphatic heterocycles. The highest BCUT2D eigenvalue weighted by atomic mass is 16.3. The zero-order chi connectivity index (χ0) is 43.0. The Hall–Kier alpha value is -1.43. The average Bonchev–Trinajstić information content (AvgIpc) is 3.24. The molecule has 0 saturated carbocycles. The highest BCUT2D eigenvalue weighted by Gasteiger charge is 2.26. The summed E-state index contributed by atoms with van der Waals surface area (Å²) in [5.74, 6) is -0.159. The molecule has 5 heteroatoms. The van der Waals surface area contributed by atoms with Crippen LogP contribution in [-0.2, 0) is 4.79 Å². The van der Waals surface area contributed by atoms with Crippen molar-refractivity contribution in [2.75, 3.05) is 6.61 Å². The van der Waals surface area contributed by atoms with Gasteiger partial charge in [-0.2, -0.15) is 0 Å². The van der Waals surface area contributed by atoms with E-state index in [1.807, 2.05) is 0 Å². The molecule has 0 rings (SSSR count). The van der Waals surface area contributed by atoms with Crippen molar-refractivity contribution < 1.29 is 20.1 Å². The molecule has 4 N–H and O–H groups in total. The van der Waals surface area contributed by atoms with Gasteiger partial charge in [-0.15, -0.1) is 0 Å². The fraction of sp³-hybridized carbons (Fsp3) is 0.870. The Balaban J connectivity index is 3.63. The number of nitrogens with one attached hydrogen (secondary N) is 1. The quantitative estimate of drug-likeness (QED) is 0.0363. The van der Waals surface area contributed by atoms with Gasteiger partial charge < -0.3 is 20.6 Å². The van der Waals surface area contributed by atoms with E-state index in [4.69, 9.17) is 0 Å². The van der Waals surface area contributed by atoms with Gasteiger partial charge in [-0.3, -0.25) is 4.79 Å². The molecular weight excluding hydrogens is 727 g/mol. The first-order valence-corrected chi connectivity index (χ1v) is 26.3. The van der Waals surface area contributed by atoms with Gasteiger partial charge in [0.25, 0.3) is 0 Å². The van der Waals surface area contributed by atoms with Gasteiger partial charge in [0.1, 0.15) is 6.10 Å². The molecule has 0 aliphatic carbocycles. The van der Waals surface area contributed by atoms with Crippen LogP contribution in [0.4, 0.5) is 0 Å². The Labute approximate surface area is 368 Å². The number of allylic oxidation sites excluding steroid dienone is 6. The summed E-state index contributed by atoms with van der Waals surface area (Å²) in [6.07, 6.45) is 62.8. The van der Waals surface area contributed by atoms with Gasteiger partial charge in [-0.05, 0) is 77.0 Å². The van der Waals surface area contributed by atoms with E-state index in [-0.39, 0.29) is 12.5 Å². The van der Waals surface area contributed by atoms with Crippen LogP contribution in [0.25, 0.3) is 0 Å². The minimum absolute atomic E-state index is 0.159. The van der Waals surface area contributed by atoms with Crippen molar-refractivity contribution >= 4 is 5.91 Å². The first kappa shape index (κ1) is 57.6. The van der Waals surface area contributed by atoms with Crippen molar-refractivity contribution in [3.05, 3.63) is 36.5 Å². The zero-order valence-corrected chi connectivity index (χ0v) is 39.6. The van der Waals surface area contributed by atoms with E-state index in [9.17, 15) is 20.1 Å². The third-order valence-corrected chi connectivity index (χ3v) is 12.2. The van der Waals surface area contributed by atoms with Gasteiger partial charge in [0.05, 0.1) is 18.8 Å². The number of aliphatic hydroxyl groups is 3. The molecule has 3 unspecified atom stereocenters. The minimum atomic E-state index is -1.17. The number of hydrogen-bond acceptors (Lipinski definition) is 4. The fourth-order valence-corrected chi connectivity index (χ4v) is 8.12. The van der Waals surface area contributed by atoms with Gasteiger partial charge in [-0.1, -0.05) is 230 Å². The summed E-state index contributed by atoms with van der Waals surface area (Å²) in [6, 6.07) is -0.834. The van der Waals surface area contributed by atoms with Crippen molar-refractivity contribution in [1.29, 1.82) is 0 Å². The third kappa shape index (κ3) is 44.4. The molecular formula is C54H103NO4. The Kier molecular flexibility index (Phi) is 48.0. The molecule has 0 saturated heterocycles. The lowest BCUT2D eigenvalue weighted by atomic mass is 10.0. The second-order valence-electron chi connectivity index (χ2n) is 18.1. The molecule has 0 aromatic rings. The predicted molar refractivity (Wildman–Crippen MR) is 259 cm³/mol. The third-order valence-electron chi connectivity index (χ3n) is 12.2. The summed E-state index contributed by atoms with van der Waals surface area (Å²) in [6.45, 7) is 4.19. The molecule has 3 atom stereocenters. The molecule has 1 amide bonds. The molecule has 0 bridgehead atoms. The molecule has 0 aromatic heterocycles. The van der Waals surface area contributed by atoms with Crippen molar-refractivity contribution in [2.45, 2.75) is 295 Å². The minimum Gasteiger partial charge on any atom is -0.394 e. The van der Waals surface area contributed by atoms with Gasteiger partial charge in [0.15, 0.2) is 0 Å². The van der Waals surface area contributed by atoms with Gasteiger partial charge in [0.2, 0.25) is 5.91 Å². The topological polar surface area (TPSA) is 89.8 Å². The molecule has 0 spiro atoms. The second-order valence-corrected chi connectivity index (χ2v) is 18.1. The summed E-state index contributed by atoms with van der Waals surface area (Å²) in [5.41, 5.74) is 0. The lowest BCUT2D eigenvalue weighted by molar-refractivity contribution is -0.124. The number of rotatable bonds is 48. The number of carbonyl (C=O) groups is 1. The number of hydrogen-bond donors (Lipinski definition) is 4. The highest BCUT2D eigenvalue weighted by Crippen LogP contribution is 2.16. The van der Waals surface area contributed by atoms with Crippen LogP contribution >= 0.6 is 0 Å². The second kappa shape index (κ2) is 49.2. The Bertz CT molecular complexity index is 916. The lowest BCUT2D eigenvalue weighted by Gasteiger charge is -2.26. The molecule has 0 radical (unpaired) electrons. The average molecular weight is 830 g/mol. The largest absolute Gasteiger partial charge is 0.394 e. The standard InChI is InChI=1S/C54H103NO4/c1-3-5-7-9-11-13-15-17-19-21-23-25-26-27-29-31-33-35-37-39-41-43-45-47-49-53(58)55-51(50-56)54(59)52(57)48-46-44-42-40-38-36-34-32-30-28-24-22-20-18-16-14-12-10-8-6-4-2/h27,29,32,34,40,42,51-52,54,56-57,59H,3-26,28,30-31,33,35-39,41,43-50H2,1-2H3,(H,55,58)/b29-27-,34-32+,42-40+. The Morgan fingerprint density at radius 3 is 1.03 bits per heavy atom. The lowest BCUT2D eigenvalue weighted by Crippen LogP contribution is -2.50. The molecule has 0 aromatic carbocycles. The molecule has 5 nitrogen and oxygen atoms in total.